The molecule has 1 saturated carbocycles. The van der Waals surface area contributed by atoms with E-state index in [2.05, 4.69) is 17.4 Å². The van der Waals surface area contributed by atoms with Crippen LogP contribution in [0.4, 0.5) is 5.69 Å². The van der Waals surface area contributed by atoms with Gasteiger partial charge in [-0.15, -0.1) is 0 Å². The Morgan fingerprint density at radius 2 is 1.74 bits per heavy atom. The summed E-state index contributed by atoms with van der Waals surface area (Å²) in [6.07, 6.45) is 4.13. The highest BCUT2D eigenvalue weighted by Crippen LogP contribution is 2.28. The number of anilines is 1. The second kappa shape index (κ2) is 5.79. The van der Waals surface area contributed by atoms with E-state index in [4.69, 9.17) is 4.74 Å². The zero-order valence-corrected chi connectivity index (χ0v) is 11.0. The lowest BCUT2D eigenvalue weighted by Crippen LogP contribution is -2.20. The Hall–Kier alpha value is -1.96. The molecule has 2 aromatic carbocycles. The average molecular weight is 253 g/mol. The molecule has 19 heavy (non-hydrogen) atoms. The minimum Gasteiger partial charge on any atom is -0.457 e. The van der Waals surface area contributed by atoms with Gasteiger partial charge in [0.1, 0.15) is 11.5 Å². The maximum Gasteiger partial charge on any atom is 0.129 e. The predicted octanol–water partition coefficient (Wildman–Crippen LogP) is 4.69. The van der Waals surface area contributed by atoms with E-state index < -0.39 is 0 Å². The fourth-order valence-corrected chi connectivity index (χ4v) is 2.25. The Morgan fingerprint density at radius 3 is 2.47 bits per heavy atom. The van der Waals surface area contributed by atoms with Crippen LogP contribution in [0, 0.1) is 5.92 Å². The standard InChI is InChI=1S/C17H19NO/c1-2-9-16(10-3-1)19-17-11-5-8-15(12-17)18-13-14-6-4-7-14/h1-3,5,8-12,14,18H,4,6-7,13H2. The van der Waals surface area contributed by atoms with E-state index in [9.17, 15) is 0 Å². The van der Waals surface area contributed by atoms with Crippen molar-refractivity contribution in [2.24, 2.45) is 5.92 Å². The molecule has 2 heteroatoms. The zero-order valence-electron chi connectivity index (χ0n) is 11.0. The van der Waals surface area contributed by atoms with Gasteiger partial charge in [-0.05, 0) is 43.0 Å². The second-order valence-corrected chi connectivity index (χ2v) is 5.12. The van der Waals surface area contributed by atoms with E-state index in [-0.39, 0.29) is 0 Å². The fourth-order valence-electron chi connectivity index (χ4n) is 2.25. The minimum atomic E-state index is 0.860. The molecular formula is C17H19NO. The van der Waals surface area contributed by atoms with Gasteiger partial charge in [0.15, 0.2) is 0 Å². The maximum absolute atomic E-state index is 5.83. The molecule has 0 unspecified atom stereocenters. The third-order valence-electron chi connectivity index (χ3n) is 3.63. The number of hydrogen-bond acceptors (Lipinski definition) is 2. The summed E-state index contributed by atoms with van der Waals surface area (Å²) in [6, 6.07) is 18.1. The van der Waals surface area contributed by atoms with Gasteiger partial charge in [-0.1, -0.05) is 30.7 Å². The lowest BCUT2D eigenvalue weighted by molar-refractivity contribution is 0.333. The molecule has 1 N–H and O–H groups in total. The number of ether oxygens (including phenoxy) is 1. The first-order chi connectivity index (χ1) is 9.40. The van der Waals surface area contributed by atoms with Gasteiger partial charge in [-0.2, -0.15) is 0 Å². The van der Waals surface area contributed by atoms with Crippen LogP contribution in [-0.4, -0.2) is 6.54 Å². The first kappa shape index (κ1) is 12.1. The summed E-state index contributed by atoms with van der Waals surface area (Å²) in [4.78, 5) is 0. The molecule has 0 bridgehead atoms. The average Bonchev–Trinajstić information content (AvgIpc) is 2.39. The van der Waals surface area contributed by atoms with Crippen LogP contribution in [0.1, 0.15) is 19.3 Å². The fraction of sp³-hybridized carbons (Fsp3) is 0.294. The Balaban J connectivity index is 1.62. The highest BCUT2D eigenvalue weighted by molar-refractivity contribution is 5.49. The summed E-state index contributed by atoms with van der Waals surface area (Å²) in [5.74, 6) is 2.61. The van der Waals surface area contributed by atoms with Crippen LogP contribution in [-0.2, 0) is 0 Å². The van der Waals surface area contributed by atoms with Crippen molar-refractivity contribution in [1.82, 2.24) is 0 Å². The van der Waals surface area contributed by atoms with E-state index in [1.807, 2.05) is 42.5 Å². The third-order valence-corrected chi connectivity index (χ3v) is 3.63. The lowest BCUT2D eigenvalue weighted by atomic mass is 9.85. The van der Waals surface area contributed by atoms with E-state index in [0.29, 0.717) is 0 Å². The summed E-state index contributed by atoms with van der Waals surface area (Å²) in [7, 11) is 0. The molecule has 0 aromatic heterocycles. The van der Waals surface area contributed by atoms with Crippen LogP contribution in [0.25, 0.3) is 0 Å². The molecule has 2 nitrogen and oxygen atoms in total. The summed E-state index contributed by atoms with van der Waals surface area (Å²) in [5, 5.41) is 3.49. The Kier molecular flexibility index (Phi) is 3.68. The molecule has 1 aliphatic rings. The highest BCUT2D eigenvalue weighted by Gasteiger charge is 2.16. The van der Waals surface area contributed by atoms with Gasteiger partial charge in [0.05, 0.1) is 0 Å². The molecule has 0 heterocycles. The summed E-state index contributed by atoms with van der Waals surface area (Å²) in [6.45, 7) is 1.08. The van der Waals surface area contributed by atoms with Crippen molar-refractivity contribution in [1.29, 1.82) is 0 Å². The van der Waals surface area contributed by atoms with Crippen LogP contribution >= 0.6 is 0 Å². The molecule has 0 amide bonds. The Labute approximate surface area is 114 Å². The predicted molar refractivity (Wildman–Crippen MR) is 78.8 cm³/mol. The normalized spacial score (nSPS) is 14.7. The largest absolute Gasteiger partial charge is 0.457 e. The number of nitrogens with one attached hydrogen (secondary N) is 1. The molecule has 2 aromatic rings. The summed E-state index contributed by atoms with van der Waals surface area (Å²) in [5.41, 5.74) is 1.14. The van der Waals surface area contributed by atoms with Gasteiger partial charge in [-0.25, -0.2) is 0 Å². The molecular weight excluding hydrogens is 234 g/mol. The van der Waals surface area contributed by atoms with Gasteiger partial charge in [0.25, 0.3) is 0 Å². The van der Waals surface area contributed by atoms with Crippen LogP contribution in [0.15, 0.2) is 54.6 Å². The van der Waals surface area contributed by atoms with Gasteiger partial charge < -0.3 is 10.1 Å². The van der Waals surface area contributed by atoms with Gasteiger partial charge >= 0.3 is 0 Å². The molecule has 0 radical (unpaired) electrons. The lowest BCUT2D eigenvalue weighted by Gasteiger charge is -2.25. The molecule has 0 atom stereocenters. The molecule has 0 saturated heterocycles. The number of rotatable bonds is 5. The second-order valence-electron chi connectivity index (χ2n) is 5.12. The van der Waals surface area contributed by atoms with Crippen molar-refractivity contribution < 1.29 is 4.74 Å². The van der Waals surface area contributed by atoms with Crippen molar-refractivity contribution in [2.45, 2.75) is 19.3 Å². The smallest absolute Gasteiger partial charge is 0.129 e. The van der Waals surface area contributed by atoms with Crippen molar-refractivity contribution in [2.75, 3.05) is 11.9 Å². The Bertz CT molecular complexity index is 520. The topological polar surface area (TPSA) is 21.3 Å². The molecule has 0 aliphatic heterocycles. The van der Waals surface area contributed by atoms with Crippen LogP contribution in [0.3, 0.4) is 0 Å². The molecule has 1 aliphatic carbocycles. The Morgan fingerprint density at radius 1 is 0.947 bits per heavy atom. The van der Waals surface area contributed by atoms with Gasteiger partial charge in [0.2, 0.25) is 0 Å². The van der Waals surface area contributed by atoms with E-state index in [1.165, 1.54) is 19.3 Å². The van der Waals surface area contributed by atoms with Crippen molar-refractivity contribution in [3.8, 4) is 11.5 Å². The van der Waals surface area contributed by atoms with Crippen molar-refractivity contribution in [3.05, 3.63) is 54.6 Å². The summed E-state index contributed by atoms with van der Waals surface area (Å²) < 4.78 is 5.83. The van der Waals surface area contributed by atoms with Crippen LogP contribution in [0.5, 0.6) is 11.5 Å². The first-order valence-electron chi connectivity index (χ1n) is 6.97. The van der Waals surface area contributed by atoms with E-state index >= 15 is 0 Å². The van der Waals surface area contributed by atoms with Gasteiger partial charge in [0, 0.05) is 18.3 Å². The monoisotopic (exact) mass is 253 g/mol. The maximum atomic E-state index is 5.83. The van der Waals surface area contributed by atoms with Crippen molar-refractivity contribution >= 4 is 5.69 Å². The molecule has 1 fully saturated rings. The first-order valence-corrected chi connectivity index (χ1v) is 6.97. The van der Waals surface area contributed by atoms with Crippen molar-refractivity contribution in [3.63, 3.8) is 0 Å². The summed E-state index contributed by atoms with van der Waals surface area (Å²) >= 11 is 0. The number of benzene rings is 2. The van der Waals surface area contributed by atoms with Crippen LogP contribution in [0.2, 0.25) is 0 Å². The minimum absolute atomic E-state index is 0.860. The molecule has 3 rings (SSSR count). The third kappa shape index (κ3) is 3.28. The highest BCUT2D eigenvalue weighted by atomic mass is 16.5. The SMILES string of the molecule is c1ccc(Oc2cccc(NCC3CCC3)c2)cc1. The molecule has 98 valence electrons. The van der Waals surface area contributed by atoms with Gasteiger partial charge in [-0.3, -0.25) is 0 Å². The van der Waals surface area contributed by atoms with E-state index in [0.717, 1.165) is 29.6 Å². The number of hydrogen-bond donors (Lipinski definition) is 1. The van der Waals surface area contributed by atoms with Crippen LogP contribution < -0.4 is 10.1 Å². The van der Waals surface area contributed by atoms with E-state index in [1.54, 1.807) is 0 Å². The number of para-hydroxylation sites is 1. The molecule has 0 spiro atoms. The zero-order chi connectivity index (χ0) is 12.9. The quantitative estimate of drug-likeness (QED) is 0.834.